The Bertz CT molecular complexity index is 641. The highest BCUT2D eigenvalue weighted by atomic mass is 16.1. The van der Waals surface area contributed by atoms with Crippen LogP contribution in [0.15, 0.2) is 48.8 Å². The molecule has 1 aromatic carbocycles. The van der Waals surface area contributed by atoms with Crippen molar-refractivity contribution >= 4 is 12.0 Å². The normalized spacial score (nSPS) is 16.0. The molecule has 1 atom stereocenters. The Labute approximate surface area is 124 Å². The van der Waals surface area contributed by atoms with Crippen LogP contribution in [0.1, 0.15) is 30.0 Å². The molecule has 0 bridgehead atoms. The van der Waals surface area contributed by atoms with Gasteiger partial charge in [0.15, 0.2) is 0 Å². The van der Waals surface area contributed by atoms with Crippen molar-refractivity contribution in [3.63, 3.8) is 0 Å². The first kappa shape index (κ1) is 13.6. The Hall–Kier alpha value is -2.36. The van der Waals surface area contributed by atoms with E-state index < -0.39 is 0 Å². The molecule has 108 valence electrons. The fourth-order valence-electron chi connectivity index (χ4n) is 2.46. The largest absolute Gasteiger partial charge is 0.345 e. The molecule has 1 aliphatic carbocycles. The number of carbonyl (C=O) groups excluding carboxylic acids is 1. The summed E-state index contributed by atoms with van der Waals surface area (Å²) in [6.45, 7) is 0. The second kappa shape index (κ2) is 5.95. The highest BCUT2D eigenvalue weighted by Gasteiger charge is 2.32. The standard InChI is InChI=1S/C17H19N3O/c1-20-12-13(11-18-20)7-10-16(21)19-17(15-8-9-15)14-5-3-2-4-6-14/h2-7,10-12,15,17H,8-9H2,1H3,(H,19,21)/b10-7+. The molecule has 1 saturated carbocycles. The Morgan fingerprint density at radius 1 is 1.38 bits per heavy atom. The van der Waals surface area contributed by atoms with Crippen molar-refractivity contribution in [1.82, 2.24) is 15.1 Å². The molecular formula is C17H19N3O. The molecule has 1 aliphatic rings. The molecule has 3 rings (SSSR count). The van der Waals surface area contributed by atoms with Crippen molar-refractivity contribution in [1.29, 1.82) is 0 Å². The molecule has 1 amide bonds. The van der Waals surface area contributed by atoms with E-state index in [2.05, 4.69) is 22.5 Å². The van der Waals surface area contributed by atoms with Crippen molar-refractivity contribution in [3.8, 4) is 0 Å². The third-order valence-electron chi connectivity index (χ3n) is 3.70. The smallest absolute Gasteiger partial charge is 0.244 e. The van der Waals surface area contributed by atoms with Crippen LogP contribution in [-0.2, 0) is 11.8 Å². The van der Waals surface area contributed by atoms with Gasteiger partial charge in [0.2, 0.25) is 5.91 Å². The fraction of sp³-hybridized carbons (Fsp3) is 0.294. The van der Waals surface area contributed by atoms with E-state index in [0.29, 0.717) is 5.92 Å². The Morgan fingerprint density at radius 2 is 2.14 bits per heavy atom. The summed E-state index contributed by atoms with van der Waals surface area (Å²) in [4.78, 5) is 12.1. The maximum absolute atomic E-state index is 12.1. The number of nitrogens with one attached hydrogen (secondary N) is 1. The monoisotopic (exact) mass is 281 g/mol. The second-order valence-corrected chi connectivity index (χ2v) is 5.52. The van der Waals surface area contributed by atoms with E-state index >= 15 is 0 Å². The molecule has 0 saturated heterocycles. The number of carbonyl (C=O) groups is 1. The van der Waals surface area contributed by atoms with Gasteiger partial charge in [0.05, 0.1) is 12.2 Å². The maximum atomic E-state index is 12.1. The van der Waals surface area contributed by atoms with Crippen LogP contribution in [-0.4, -0.2) is 15.7 Å². The van der Waals surface area contributed by atoms with E-state index in [1.165, 1.54) is 18.4 Å². The third kappa shape index (κ3) is 3.60. The molecule has 0 aliphatic heterocycles. The van der Waals surface area contributed by atoms with E-state index in [9.17, 15) is 4.79 Å². The number of hydrogen-bond donors (Lipinski definition) is 1. The lowest BCUT2D eigenvalue weighted by atomic mass is 10.0. The van der Waals surface area contributed by atoms with Gasteiger partial charge in [0.25, 0.3) is 0 Å². The molecule has 4 heteroatoms. The van der Waals surface area contributed by atoms with Crippen LogP contribution in [0.25, 0.3) is 6.08 Å². The Balaban J connectivity index is 1.66. The van der Waals surface area contributed by atoms with Gasteiger partial charge >= 0.3 is 0 Å². The lowest BCUT2D eigenvalue weighted by Gasteiger charge is -2.17. The summed E-state index contributed by atoms with van der Waals surface area (Å²) < 4.78 is 1.72. The number of hydrogen-bond acceptors (Lipinski definition) is 2. The topological polar surface area (TPSA) is 46.9 Å². The predicted octanol–water partition coefficient (Wildman–Crippen LogP) is 2.70. The SMILES string of the molecule is Cn1cc(/C=C/C(=O)NC(c2ccccc2)C2CC2)cn1. The summed E-state index contributed by atoms with van der Waals surface area (Å²) in [7, 11) is 1.86. The van der Waals surface area contributed by atoms with E-state index in [-0.39, 0.29) is 11.9 Å². The molecule has 1 heterocycles. The second-order valence-electron chi connectivity index (χ2n) is 5.52. The lowest BCUT2D eigenvalue weighted by Crippen LogP contribution is -2.28. The highest BCUT2D eigenvalue weighted by molar-refractivity contribution is 5.91. The maximum Gasteiger partial charge on any atom is 0.244 e. The third-order valence-corrected chi connectivity index (χ3v) is 3.70. The first-order chi connectivity index (χ1) is 10.2. The zero-order valence-electron chi connectivity index (χ0n) is 12.1. The van der Waals surface area contributed by atoms with Gasteiger partial charge in [-0.15, -0.1) is 0 Å². The lowest BCUT2D eigenvalue weighted by molar-refractivity contribution is -0.117. The first-order valence-electron chi connectivity index (χ1n) is 7.24. The molecule has 0 spiro atoms. The fourth-order valence-corrected chi connectivity index (χ4v) is 2.46. The molecule has 1 aromatic heterocycles. The number of rotatable bonds is 5. The molecule has 1 unspecified atom stereocenters. The number of aromatic nitrogens is 2. The Kier molecular flexibility index (Phi) is 3.86. The predicted molar refractivity (Wildman–Crippen MR) is 82.3 cm³/mol. The molecule has 21 heavy (non-hydrogen) atoms. The number of benzene rings is 1. The molecule has 1 fully saturated rings. The van der Waals surface area contributed by atoms with Gasteiger partial charge < -0.3 is 5.32 Å². The van der Waals surface area contributed by atoms with Crippen LogP contribution in [0.5, 0.6) is 0 Å². The average molecular weight is 281 g/mol. The van der Waals surface area contributed by atoms with Gasteiger partial charge in [-0.1, -0.05) is 30.3 Å². The zero-order chi connectivity index (χ0) is 14.7. The summed E-state index contributed by atoms with van der Waals surface area (Å²) in [6.07, 6.45) is 9.35. The van der Waals surface area contributed by atoms with E-state index in [4.69, 9.17) is 0 Å². The van der Waals surface area contributed by atoms with Crippen molar-refractivity contribution < 1.29 is 4.79 Å². The van der Waals surface area contributed by atoms with Crippen molar-refractivity contribution in [3.05, 3.63) is 59.9 Å². The van der Waals surface area contributed by atoms with Gasteiger partial charge in [-0.05, 0) is 30.4 Å². The number of aryl methyl sites for hydroxylation is 1. The average Bonchev–Trinajstić information content (AvgIpc) is 3.26. The molecule has 2 aromatic rings. The minimum absolute atomic E-state index is 0.0559. The zero-order valence-corrected chi connectivity index (χ0v) is 12.1. The molecule has 1 N–H and O–H groups in total. The minimum Gasteiger partial charge on any atom is -0.345 e. The number of nitrogens with zero attached hydrogens (tertiary/aromatic N) is 2. The highest BCUT2D eigenvalue weighted by Crippen LogP contribution is 2.40. The molecular weight excluding hydrogens is 262 g/mol. The summed E-state index contributed by atoms with van der Waals surface area (Å²) in [5.74, 6) is 0.516. The van der Waals surface area contributed by atoms with Crippen LogP contribution >= 0.6 is 0 Å². The quantitative estimate of drug-likeness (QED) is 0.857. The van der Waals surface area contributed by atoms with Gasteiger partial charge in [-0.2, -0.15) is 5.10 Å². The van der Waals surface area contributed by atoms with E-state index in [0.717, 1.165) is 5.56 Å². The molecule has 4 nitrogen and oxygen atoms in total. The van der Waals surface area contributed by atoms with Crippen molar-refractivity contribution in [2.45, 2.75) is 18.9 Å². The van der Waals surface area contributed by atoms with Gasteiger partial charge in [-0.25, -0.2) is 0 Å². The van der Waals surface area contributed by atoms with Crippen LogP contribution in [0.3, 0.4) is 0 Å². The first-order valence-corrected chi connectivity index (χ1v) is 7.24. The van der Waals surface area contributed by atoms with Crippen LogP contribution < -0.4 is 5.32 Å². The van der Waals surface area contributed by atoms with Crippen LogP contribution in [0.4, 0.5) is 0 Å². The van der Waals surface area contributed by atoms with Crippen molar-refractivity contribution in [2.75, 3.05) is 0 Å². The summed E-state index contributed by atoms with van der Waals surface area (Å²) in [6, 6.07) is 10.3. The summed E-state index contributed by atoms with van der Waals surface area (Å²) >= 11 is 0. The van der Waals surface area contributed by atoms with Crippen LogP contribution in [0.2, 0.25) is 0 Å². The Morgan fingerprint density at radius 3 is 2.76 bits per heavy atom. The van der Waals surface area contributed by atoms with Gasteiger partial charge in [0.1, 0.15) is 0 Å². The van der Waals surface area contributed by atoms with Crippen molar-refractivity contribution in [2.24, 2.45) is 13.0 Å². The van der Waals surface area contributed by atoms with Gasteiger partial charge in [0, 0.05) is 24.9 Å². The van der Waals surface area contributed by atoms with Crippen LogP contribution in [0, 0.1) is 5.92 Å². The van der Waals surface area contributed by atoms with Gasteiger partial charge in [-0.3, -0.25) is 9.48 Å². The molecule has 0 radical (unpaired) electrons. The van der Waals surface area contributed by atoms with E-state index in [1.54, 1.807) is 23.0 Å². The summed E-state index contributed by atoms with van der Waals surface area (Å²) in [5.41, 5.74) is 2.11. The van der Waals surface area contributed by atoms with E-state index in [1.807, 2.05) is 31.4 Å². The minimum atomic E-state index is -0.0559. The summed E-state index contributed by atoms with van der Waals surface area (Å²) in [5, 5.41) is 7.19. The number of amides is 1.